The Labute approximate surface area is 151 Å². The van der Waals surface area contributed by atoms with Gasteiger partial charge in [0.1, 0.15) is 11.6 Å². The first-order valence-corrected chi connectivity index (χ1v) is 8.61. The largest absolute Gasteiger partial charge is 0.496 e. The first-order chi connectivity index (χ1) is 12.7. The minimum atomic E-state index is -0.0586. The van der Waals surface area contributed by atoms with Crippen LogP contribution in [0.2, 0.25) is 0 Å². The van der Waals surface area contributed by atoms with Crippen LogP contribution >= 0.6 is 0 Å². The minimum Gasteiger partial charge on any atom is -0.496 e. The van der Waals surface area contributed by atoms with Crippen LogP contribution in [0.15, 0.2) is 53.6 Å². The van der Waals surface area contributed by atoms with Gasteiger partial charge in [0, 0.05) is 49.6 Å². The number of aromatic nitrogens is 3. The smallest absolute Gasteiger partial charge is 0.255 e. The molecule has 0 fully saturated rings. The molecule has 3 aromatic rings. The number of ether oxygens (including phenoxy) is 1. The number of methoxy groups -OCH3 is 1. The van der Waals surface area contributed by atoms with Crippen molar-refractivity contribution in [2.75, 3.05) is 13.7 Å². The van der Waals surface area contributed by atoms with Gasteiger partial charge in [-0.3, -0.25) is 14.7 Å². The van der Waals surface area contributed by atoms with Crippen LogP contribution < -0.4 is 10.3 Å². The van der Waals surface area contributed by atoms with Crippen molar-refractivity contribution < 1.29 is 4.74 Å². The summed E-state index contributed by atoms with van der Waals surface area (Å²) in [5.41, 5.74) is 3.52. The van der Waals surface area contributed by atoms with Gasteiger partial charge in [-0.2, -0.15) is 0 Å². The monoisotopic (exact) mass is 348 g/mol. The van der Waals surface area contributed by atoms with Gasteiger partial charge in [-0.1, -0.05) is 30.3 Å². The molecule has 132 valence electrons. The van der Waals surface area contributed by atoms with Crippen LogP contribution in [0.1, 0.15) is 16.8 Å². The average Bonchev–Trinajstić information content (AvgIpc) is 2.69. The fraction of sp³-hybridized carbons (Fsp3) is 0.250. The van der Waals surface area contributed by atoms with Crippen molar-refractivity contribution in [1.82, 2.24) is 19.9 Å². The van der Waals surface area contributed by atoms with Gasteiger partial charge in [0.25, 0.3) is 5.56 Å². The van der Waals surface area contributed by atoms with E-state index in [4.69, 9.17) is 9.72 Å². The number of benzene rings is 1. The molecule has 0 spiro atoms. The number of fused-ring (bicyclic) bond motifs is 1. The number of hydrogen-bond donors (Lipinski definition) is 1. The van der Waals surface area contributed by atoms with Crippen molar-refractivity contribution in [2.24, 2.45) is 0 Å². The number of aromatic amines is 1. The first kappa shape index (κ1) is 16.5. The standard InChI is InChI=1S/C20H20N4O2/c1-26-18-7-9-21-11-15(18)12-24-10-8-17-16(13-24)20(25)23-19(22-17)14-5-3-2-4-6-14/h2-7,9,11H,8,10,12-13H2,1H3,(H,22,23,25). The summed E-state index contributed by atoms with van der Waals surface area (Å²) in [7, 11) is 1.66. The van der Waals surface area contributed by atoms with Crippen LogP contribution in [0.4, 0.5) is 0 Å². The molecule has 2 aromatic heterocycles. The maximum absolute atomic E-state index is 12.6. The summed E-state index contributed by atoms with van der Waals surface area (Å²) in [5.74, 6) is 1.45. The number of nitrogens with zero attached hydrogens (tertiary/aromatic N) is 3. The fourth-order valence-electron chi connectivity index (χ4n) is 3.32. The van der Waals surface area contributed by atoms with Gasteiger partial charge in [-0.15, -0.1) is 0 Å². The van der Waals surface area contributed by atoms with E-state index in [0.717, 1.165) is 41.1 Å². The Morgan fingerprint density at radius 3 is 2.88 bits per heavy atom. The Morgan fingerprint density at radius 2 is 2.08 bits per heavy atom. The van der Waals surface area contributed by atoms with Crippen molar-refractivity contribution in [3.63, 3.8) is 0 Å². The molecule has 0 aliphatic carbocycles. The minimum absolute atomic E-state index is 0.0586. The molecule has 1 aliphatic heterocycles. The van der Waals surface area contributed by atoms with Gasteiger partial charge >= 0.3 is 0 Å². The Morgan fingerprint density at radius 1 is 1.23 bits per heavy atom. The molecule has 1 aromatic carbocycles. The van der Waals surface area contributed by atoms with Gasteiger partial charge in [0.2, 0.25) is 0 Å². The molecule has 1 aliphatic rings. The normalized spacial score (nSPS) is 14.0. The van der Waals surface area contributed by atoms with Crippen molar-refractivity contribution in [1.29, 1.82) is 0 Å². The number of nitrogens with one attached hydrogen (secondary N) is 1. The number of rotatable bonds is 4. The van der Waals surface area contributed by atoms with E-state index in [0.29, 0.717) is 18.9 Å². The Bertz CT molecular complexity index is 969. The van der Waals surface area contributed by atoms with Gasteiger partial charge in [0.15, 0.2) is 0 Å². The molecule has 6 nitrogen and oxygen atoms in total. The number of H-pyrrole nitrogens is 1. The summed E-state index contributed by atoms with van der Waals surface area (Å²) in [6, 6.07) is 11.6. The lowest BCUT2D eigenvalue weighted by atomic mass is 10.1. The van der Waals surface area contributed by atoms with E-state index < -0.39 is 0 Å². The second kappa shape index (κ2) is 7.09. The van der Waals surface area contributed by atoms with E-state index in [1.54, 1.807) is 13.3 Å². The molecular weight excluding hydrogens is 328 g/mol. The lowest BCUT2D eigenvalue weighted by molar-refractivity contribution is 0.238. The molecule has 0 saturated carbocycles. The lowest BCUT2D eigenvalue weighted by Crippen LogP contribution is -2.35. The molecule has 0 saturated heterocycles. The molecule has 1 N–H and O–H groups in total. The van der Waals surface area contributed by atoms with E-state index in [2.05, 4.69) is 14.9 Å². The SMILES string of the molecule is COc1ccncc1CN1CCc2nc(-c3ccccc3)[nH]c(=O)c2C1. The second-order valence-electron chi connectivity index (χ2n) is 6.35. The van der Waals surface area contributed by atoms with Crippen LogP contribution in [0, 0.1) is 0 Å². The molecule has 0 radical (unpaired) electrons. The third kappa shape index (κ3) is 3.23. The topological polar surface area (TPSA) is 71.1 Å². The summed E-state index contributed by atoms with van der Waals surface area (Å²) in [6.45, 7) is 2.11. The number of pyridine rings is 1. The molecule has 26 heavy (non-hydrogen) atoms. The summed E-state index contributed by atoms with van der Waals surface area (Å²) >= 11 is 0. The maximum atomic E-state index is 12.6. The van der Waals surface area contributed by atoms with E-state index in [1.807, 2.05) is 42.6 Å². The van der Waals surface area contributed by atoms with Crippen molar-refractivity contribution in [3.8, 4) is 17.1 Å². The highest BCUT2D eigenvalue weighted by molar-refractivity contribution is 5.54. The van der Waals surface area contributed by atoms with Crippen molar-refractivity contribution in [2.45, 2.75) is 19.5 Å². The summed E-state index contributed by atoms with van der Waals surface area (Å²) in [5, 5.41) is 0. The third-order valence-electron chi connectivity index (χ3n) is 4.67. The van der Waals surface area contributed by atoms with Crippen LogP contribution in [0.3, 0.4) is 0 Å². The summed E-state index contributed by atoms with van der Waals surface area (Å²) in [6.07, 6.45) is 4.28. The number of hydrogen-bond acceptors (Lipinski definition) is 5. The average molecular weight is 348 g/mol. The van der Waals surface area contributed by atoms with Gasteiger partial charge in [-0.05, 0) is 6.07 Å². The Balaban J connectivity index is 1.59. The lowest BCUT2D eigenvalue weighted by Gasteiger charge is -2.28. The third-order valence-corrected chi connectivity index (χ3v) is 4.67. The van der Waals surface area contributed by atoms with Crippen LogP contribution in [-0.2, 0) is 19.5 Å². The zero-order valence-electron chi connectivity index (χ0n) is 14.6. The molecule has 6 heteroatoms. The second-order valence-corrected chi connectivity index (χ2v) is 6.35. The zero-order chi connectivity index (χ0) is 17.9. The molecule has 0 unspecified atom stereocenters. The molecular formula is C20H20N4O2. The highest BCUT2D eigenvalue weighted by Gasteiger charge is 2.22. The molecule has 0 atom stereocenters. The van der Waals surface area contributed by atoms with Gasteiger partial charge in [-0.25, -0.2) is 4.98 Å². The fourth-order valence-corrected chi connectivity index (χ4v) is 3.32. The predicted octanol–water partition coefficient (Wildman–Crippen LogP) is 2.40. The Kier molecular flexibility index (Phi) is 4.50. The molecule has 4 rings (SSSR count). The van der Waals surface area contributed by atoms with Gasteiger partial charge < -0.3 is 9.72 Å². The maximum Gasteiger partial charge on any atom is 0.255 e. The van der Waals surface area contributed by atoms with E-state index in [9.17, 15) is 4.79 Å². The van der Waals surface area contributed by atoms with Crippen molar-refractivity contribution in [3.05, 3.63) is 76.0 Å². The van der Waals surface area contributed by atoms with Crippen LogP contribution in [0.5, 0.6) is 5.75 Å². The quantitative estimate of drug-likeness (QED) is 0.784. The van der Waals surface area contributed by atoms with Crippen LogP contribution in [0.25, 0.3) is 11.4 Å². The highest BCUT2D eigenvalue weighted by atomic mass is 16.5. The van der Waals surface area contributed by atoms with E-state index in [1.165, 1.54) is 0 Å². The summed E-state index contributed by atoms with van der Waals surface area (Å²) < 4.78 is 5.40. The van der Waals surface area contributed by atoms with Crippen molar-refractivity contribution >= 4 is 0 Å². The summed E-state index contributed by atoms with van der Waals surface area (Å²) in [4.78, 5) is 26.7. The molecule has 0 amide bonds. The van der Waals surface area contributed by atoms with Crippen LogP contribution in [-0.4, -0.2) is 33.5 Å². The zero-order valence-corrected chi connectivity index (χ0v) is 14.6. The van der Waals surface area contributed by atoms with E-state index in [-0.39, 0.29) is 5.56 Å². The highest BCUT2D eigenvalue weighted by Crippen LogP contribution is 2.22. The van der Waals surface area contributed by atoms with E-state index >= 15 is 0 Å². The molecule has 0 bridgehead atoms. The van der Waals surface area contributed by atoms with Gasteiger partial charge in [0.05, 0.1) is 18.4 Å². The molecule has 3 heterocycles. The predicted molar refractivity (Wildman–Crippen MR) is 98.9 cm³/mol. The first-order valence-electron chi connectivity index (χ1n) is 8.61. The Hall–Kier alpha value is -2.99.